The van der Waals surface area contributed by atoms with Gasteiger partial charge >= 0.3 is 0 Å². The fourth-order valence-electron chi connectivity index (χ4n) is 1.36. The van der Waals surface area contributed by atoms with E-state index in [0.717, 1.165) is 9.26 Å². The molecule has 0 aliphatic heterocycles. The minimum atomic E-state index is -0.301. The Morgan fingerprint density at radius 3 is 2.82 bits per heavy atom. The fourth-order valence-corrected chi connectivity index (χ4v) is 1.91. The molecule has 0 bridgehead atoms. The van der Waals surface area contributed by atoms with Gasteiger partial charge in [0.1, 0.15) is 0 Å². The van der Waals surface area contributed by atoms with Gasteiger partial charge in [0.2, 0.25) is 0 Å². The van der Waals surface area contributed by atoms with Gasteiger partial charge in [0, 0.05) is 15.5 Å². The van der Waals surface area contributed by atoms with Crippen molar-refractivity contribution in [2.45, 2.75) is 0 Å². The summed E-state index contributed by atoms with van der Waals surface area (Å²) >= 11 is 2.18. The van der Waals surface area contributed by atoms with Crippen LogP contribution in [0.4, 0.5) is 11.4 Å². The van der Waals surface area contributed by atoms with Crippen LogP contribution in [-0.2, 0) is 0 Å². The van der Waals surface area contributed by atoms with Crippen LogP contribution >= 0.6 is 22.6 Å². The molecule has 0 saturated carbocycles. The molecule has 4 nitrogen and oxygen atoms in total. The Bertz CT molecular complexity index is 557. The molecule has 1 amide bonds. The van der Waals surface area contributed by atoms with Gasteiger partial charge in [0.25, 0.3) is 5.91 Å². The number of nitrogen functional groups attached to an aromatic ring is 1. The number of carbonyl (C=O) groups excluding carboxylic acids is 1. The zero-order valence-electron chi connectivity index (χ0n) is 8.85. The number of pyridine rings is 1. The summed E-state index contributed by atoms with van der Waals surface area (Å²) in [6.07, 6.45) is 1.54. The van der Waals surface area contributed by atoms with Crippen LogP contribution in [0.3, 0.4) is 0 Å². The highest BCUT2D eigenvalue weighted by molar-refractivity contribution is 14.1. The van der Waals surface area contributed by atoms with Gasteiger partial charge in [-0.3, -0.25) is 4.79 Å². The predicted molar refractivity (Wildman–Crippen MR) is 75.8 cm³/mol. The van der Waals surface area contributed by atoms with Crippen molar-refractivity contribution in [3.05, 3.63) is 51.9 Å². The fraction of sp³-hybridized carbons (Fsp3) is 0. The molecule has 2 aromatic rings. The predicted octanol–water partition coefficient (Wildman–Crippen LogP) is 2.52. The summed E-state index contributed by atoms with van der Waals surface area (Å²) in [7, 11) is 0. The average molecular weight is 339 g/mol. The van der Waals surface area contributed by atoms with Gasteiger partial charge in [-0.25, -0.2) is 4.98 Å². The van der Waals surface area contributed by atoms with Crippen molar-refractivity contribution in [2.75, 3.05) is 11.1 Å². The molecule has 3 N–H and O–H groups in total. The molecular weight excluding hydrogens is 329 g/mol. The summed E-state index contributed by atoms with van der Waals surface area (Å²) in [5.74, 6) is -0.301. The molecule has 1 aromatic heterocycles. The maximum Gasteiger partial charge on any atom is 0.276 e. The van der Waals surface area contributed by atoms with Crippen molar-refractivity contribution in [1.82, 2.24) is 4.98 Å². The maximum absolute atomic E-state index is 11.9. The Morgan fingerprint density at radius 1 is 1.29 bits per heavy atom. The standard InChI is InChI=1S/C12H10IN3O/c13-8-3-1-4-9(7-8)16-12(17)11-10(14)5-2-6-15-11/h1-7H,14H2,(H,16,17). The first kappa shape index (κ1) is 11.8. The first-order valence-corrected chi connectivity index (χ1v) is 6.02. The number of nitrogens with one attached hydrogen (secondary N) is 1. The van der Waals surface area contributed by atoms with Gasteiger partial charge in [0.15, 0.2) is 5.69 Å². The minimum absolute atomic E-state index is 0.242. The largest absolute Gasteiger partial charge is 0.397 e. The second-order valence-corrected chi connectivity index (χ2v) is 4.65. The highest BCUT2D eigenvalue weighted by Crippen LogP contribution is 2.14. The lowest BCUT2D eigenvalue weighted by Gasteiger charge is -2.06. The third-order valence-corrected chi connectivity index (χ3v) is 2.81. The number of halogens is 1. The van der Waals surface area contributed by atoms with Gasteiger partial charge in [0.05, 0.1) is 5.69 Å². The Hall–Kier alpha value is -1.63. The SMILES string of the molecule is Nc1cccnc1C(=O)Nc1cccc(I)c1. The smallest absolute Gasteiger partial charge is 0.276 e. The van der Waals surface area contributed by atoms with Crippen molar-refractivity contribution in [3.8, 4) is 0 Å². The Balaban J connectivity index is 2.20. The lowest BCUT2D eigenvalue weighted by Crippen LogP contribution is -2.15. The molecule has 5 heteroatoms. The molecule has 2 rings (SSSR count). The van der Waals surface area contributed by atoms with Gasteiger partial charge in [-0.2, -0.15) is 0 Å². The molecule has 0 radical (unpaired) electrons. The number of anilines is 2. The van der Waals surface area contributed by atoms with E-state index in [2.05, 4.69) is 32.9 Å². The summed E-state index contributed by atoms with van der Waals surface area (Å²) in [6, 6.07) is 10.9. The van der Waals surface area contributed by atoms with Crippen molar-refractivity contribution in [3.63, 3.8) is 0 Å². The molecule has 0 saturated heterocycles. The Labute approximate surface area is 112 Å². The van der Waals surface area contributed by atoms with Crippen LogP contribution in [0.1, 0.15) is 10.5 Å². The monoisotopic (exact) mass is 339 g/mol. The van der Waals surface area contributed by atoms with Crippen LogP contribution in [0.2, 0.25) is 0 Å². The number of carbonyl (C=O) groups is 1. The summed E-state index contributed by atoms with van der Waals surface area (Å²) < 4.78 is 1.05. The van der Waals surface area contributed by atoms with E-state index in [1.54, 1.807) is 18.3 Å². The lowest BCUT2D eigenvalue weighted by molar-refractivity contribution is 0.102. The number of amides is 1. The van der Waals surface area contributed by atoms with E-state index >= 15 is 0 Å². The summed E-state index contributed by atoms with van der Waals surface area (Å²) in [5, 5.41) is 2.75. The highest BCUT2D eigenvalue weighted by Gasteiger charge is 2.10. The second-order valence-electron chi connectivity index (χ2n) is 3.41. The number of hydrogen-bond acceptors (Lipinski definition) is 3. The van der Waals surface area contributed by atoms with E-state index < -0.39 is 0 Å². The molecule has 1 aromatic carbocycles. The molecule has 0 unspecified atom stereocenters. The van der Waals surface area contributed by atoms with Crippen molar-refractivity contribution in [2.24, 2.45) is 0 Å². The van der Waals surface area contributed by atoms with E-state index in [9.17, 15) is 4.79 Å². The van der Waals surface area contributed by atoms with Crippen LogP contribution in [0.25, 0.3) is 0 Å². The zero-order valence-corrected chi connectivity index (χ0v) is 11.0. The van der Waals surface area contributed by atoms with Crippen LogP contribution in [0.5, 0.6) is 0 Å². The molecule has 0 aliphatic rings. The number of nitrogens with zero attached hydrogens (tertiary/aromatic N) is 1. The lowest BCUT2D eigenvalue weighted by atomic mass is 10.2. The molecule has 0 aliphatic carbocycles. The van der Waals surface area contributed by atoms with E-state index in [1.807, 2.05) is 24.3 Å². The van der Waals surface area contributed by atoms with Crippen molar-refractivity contribution < 1.29 is 4.79 Å². The van der Waals surface area contributed by atoms with E-state index in [1.165, 1.54) is 0 Å². The summed E-state index contributed by atoms with van der Waals surface area (Å²) in [5.41, 5.74) is 7.02. The van der Waals surface area contributed by atoms with Gasteiger partial charge in [-0.15, -0.1) is 0 Å². The third kappa shape index (κ3) is 2.94. The molecule has 86 valence electrons. The molecule has 1 heterocycles. The van der Waals surface area contributed by atoms with E-state index in [-0.39, 0.29) is 11.6 Å². The summed E-state index contributed by atoms with van der Waals surface area (Å²) in [4.78, 5) is 15.8. The van der Waals surface area contributed by atoms with Crippen molar-refractivity contribution in [1.29, 1.82) is 0 Å². The number of hydrogen-bond donors (Lipinski definition) is 2. The topological polar surface area (TPSA) is 68.0 Å². The maximum atomic E-state index is 11.9. The van der Waals surface area contributed by atoms with E-state index in [4.69, 9.17) is 5.73 Å². The minimum Gasteiger partial charge on any atom is -0.397 e. The van der Waals surface area contributed by atoms with Gasteiger partial charge in [-0.05, 0) is 52.9 Å². The van der Waals surface area contributed by atoms with Crippen LogP contribution in [-0.4, -0.2) is 10.9 Å². The van der Waals surface area contributed by atoms with E-state index in [0.29, 0.717) is 5.69 Å². The molecule has 17 heavy (non-hydrogen) atoms. The van der Waals surface area contributed by atoms with Gasteiger partial charge < -0.3 is 11.1 Å². The molecule has 0 fully saturated rings. The van der Waals surface area contributed by atoms with Gasteiger partial charge in [-0.1, -0.05) is 6.07 Å². The molecule has 0 atom stereocenters. The van der Waals surface area contributed by atoms with Crippen LogP contribution in [0, 0.1) is 3.57 Å². The van der Waals surface area contributed by atoms with Crippen LogP contribution in [0.15, 0.2) is 42.6 Å². The van der Waals surface area contributed by atoms with Crippen molar-refractivity contribution >= 4 is 39.9 Å². The first-order chi connectivity index (χ1) is 8.16. The average Bonchev–Trinajstić information content (AvgIpc) is 2.29. The number of nitrogens with two attached hydrogens (primary N) is 1. The number of benzene rings is 1. The quantitative estimate of drug-likeness (QED) is 0.827. The number of rotatable bonds is 2. The third-order valence-electron chi connectivity index (χ3n) is 2.14. The molecular formula is C12H10IN3O. The molecule has 0 spiro atoms. The second kappa shape index (κ2) is 5.13. The Morgan fingerprint density at radius 2 is 2.12 bits per heavy atom. The Kier molecular flexibility index (Phi) is 3.58. The first-order valence-electron chi connectivity index (χ1n) is 4.94. The summed E-state index contributed by atoms with van der Waals surface area (Å²) in [6.45, 7) is 0. The highest BCUT2D eigenvalue weighted by atomic mass is 127. The van der Waals surface area contributed by atoms with Crippen LogP contribution < -0.4 is 11.1 Å². The number of aromatic nitrogens is 1. The zero-order chi connectivity index (χ0) is 12.3. The normalized spacial score (nSPS) is 9.94.